The minimum absolute atomic E-state index is 0. The van der Waals surface area contributed by atoms with Crippen molar-refractivity contribution < 1.29 is 18.3 Å². The first kappa shape index (κ1) is 28.1. The Hall–Kier alpha value is -0.950. The summed E-state index contributed by atoms with van der Waals surface area (Å²) in [6.07, 6.45) is 1.59. The number of guanidine groups is 1. The molecule has 1 heterocycles. The van der Waals surface area contributed by atoms with E-state index in [1.54, 1.807) is 13.8 Å². The van der Waals surface area contributed by atoms with E-state index in [2.05, 4.69) is 20.3 Å². The quantitative estimate of drug-likeness (QED) is 0.185. The van der Waals surface area contributed by atoms with Crippen LogP contribution in [0.15, 0.2) is 29.3 Å². The number of ether oxygens (including phenoxy) is 1. The molecule has 0 aromatic heterocycles. The molecule has 1 fully saturated rings. The maximum absolute atomic E-state index is 12.3. The molecular weight excluding hydrogens is 531 g/mol. The highest BCUT2D eigenvalue weighted by Crippen LogP contribution is 2.31. The number of nitrogens with one attached hydrogen (secondary N) is 3. The van der Waals surface area contributed by atoms with Gasteiger partial charge in [0.1, 0.15) is 0 Å². The van der Waals surface area contributed by atoms with Crippen LogP contribution in [-0.4, -0.2) is 58.4 Å². The van der Waals surface area contributed by atoms with Crippen LogP contribution < -0.4 is 15.4 Å². The minimum atomic E-state index is -3.41. The average Bonchev–Trinajstić information content (AvgIpc) is 3.13. The van der Waals surface area contributed by atoms with Crippen LogP contribution in [0.1, 0.15) is 44.7 Å². The molecule has 0 bridgehead atoms. The van der Waals surface area contributed by atoms with Crippen molar-refractivity contribution in [2.45, 2.75) is 52.0 Å². The van der Waals surface area contributed by atoms with Gasteiger partial charge in [-0.15, -0.1) is 24.0 Å². The van der Waals surface area contributed by atoms with E-state index in [0.717, 1.165) is 17.5 Å². The lowest BCUT2D eigenvalue weighted by Gasteiger charge is -2.27. The highest BCUT2D eigenvalue weighted by molar-refractivity contribution is 14.0. The van der Waals surface area contributed by atoms with Crippen LogP contribution in [0.3, 0.4) is 0 Å². The van der Waals surface area contributed by atoms with E-state index in [-0.39, 0.29) is 47.8 Å². The molecule has 0 amide bonds. The maximum Gasteiger partial charge on any atom is 0.216 e. The van der Waals surface area contributed by atoms with Crippen LogP contribution in [0.2, 0.25) is 0 Å². The van der Waals surface area contributed by atoms with Crippen LogP contribution >= 0.6 is 24.0 Å². The third-order valence-electron chi connectivity index (χ3n) is 5.09. The number of sulfonamides is 1. The van der Waals surface area contributed by atoms with Crippen molar-refractivity contribution in [2.75, 3.05) is 32.9 Å². The van der Waals surface area contributed by atoms with E-state index in [1.165, 1.54) is 0 Å². The molecule has 1 unspecified atom stereocenters. The van der Waals surface area contributed by atoms with Gasteiger partial charge in [0, 0.05) is 37.8 Å². The molecule has 4 N–H and O–H groups in total. The van der Waals surface area contributed by atoms with Crippen LogP contribution in [0.25, 0.3) is 0 Å². The Labute approximate surface area is 203 Å². The summed E-state index contributed by atoms with van der Waals surface area (Å²) in [7, 11) is -3.41. The molecule has 8 nitrogen and oxygen atoms in total. The molecule has 1 aromatic rings. The first-order valence-electron chi connectivity index (χ1n) is 10.6. The second kappa shape index (κ2) is 13.6. The molecule has 2 rings (SSSR count). The number of rotatable bonds is 11. The third kappa shape index (κ3) is 9.60. The summed E-state index contributed by atoms with van der Waals surface area (Å²) < 4.78 is 32.9. The van der Waals surface area contributed by atoms with Gasteiger partial charge in [-0.05, 0) is 44.7 Å². The maximum atomic E-state index is 12.3. The number of hydrogen-bond acceptors (Lipinski definition) is 5. The third-order valence-corrected chi connectivity index (χ3v) is 6.61. The standard InChI is InChI=1S/C21H36N4O4S.HI/c1-4-22-20(24-15-21(9-11-26)10-12-29-16-21)23-13-18-7-5-6-8-19(18)14-30(27,28)25-17(2)3;/h5-8,17,25-26H,4,9-16H2,1-3H3,(H2,22,23,24);1H. The Bertz CT molecular complexity index is 796. The molecule has 1 aromatic carbocycles. The van der Waals surface area contributed by atoms with Gasteiger partial charge in [0.2, 0.25) is 10.0 Å². The Morgan fingerprint density at radius 2 is 1.97 bits per heavy atom. The van der Waals surface area contributed by atoms with E-state index in [4.69, 9.17) is 4.74 Å². The number of aliphatic hydroxyl groups excluding tert-OH is 1. The van der Waals surface area contributed by atoms with E-state index >= 15 is 0 Å². The molecule has 1 aliphatic rings. The first-order chi connectivity index (χ1) is 14.3. The van der Waals surface area contributed by atoms with Gasteiger partial charge in [0.15, 0.2) is 5.96 Å². The van der Waals surface area contributed by atoms with Gasteiger partial charge in [-0.3, -0.25) is 0 Å². The zero-order valence-corrected chi connectivity index (χ0v) is 21.8. The molecule has 1 saturated heterocycles. The number of halogens is 1. The summed E-state index contributed by atoms with van der Waals surface area (Å²) in [6, 6.07) is 7.33. The second-order valence-corrected chi connectivity index (χ2v) is 9.88. The molecule has 1 atom stereocenters. The lowest BCUT2D eigenvalue weighted by Crippen LogP contribution is -2.44. The van der Waals surface area contributed by atoms with Crippen molar-refractivity contribution in [3.05, 3.63) is 35.4 Å². The van der Waals surface area contributed by atoms with Crippen LogP contribution in [0.4, 0.5) is 0 Å². The van der Waals surface area contributed by atoms with E-state index in [0.29, 0.717) is 45.2 Å². The topological polar surface area (TPSA) is 112 Å². The fraction of sp³-hybridized carbons (Fsp3) is 0.667. The molecule has 1 aliphatic heterocycles. The smallest absolute Gasteiger partial charge is 0.216 e. The van der Waals surface area contributed by atoms with Crippen LogP contribution in [0.5, 0.6) is 0 Å². The monoisotopic (exact) mass is 568 g/mol. The summed E-state index contributed by atoms with van der Waals surface area (Å²) in [6.45, 7) is 8.82. The fourth-order valence-corrected chi connectivity index (χ4v) is 5.04. The normalized spacial score (nSPS) is 19.3. The molecular formula is C21H37IN4O4S. The van der Waals surface area contributed by atoms with Crippen LogP contribution in [-0.2, 0) is 27.1 Å². The van der Waals surface area contributed by atoms with Crippen molar-refractivity contribution in [1.82, 2.24) is 15.4 Å². The predicted octanol–water partition coefficient (Wildman–Crippen LogP) is 1.98. The first-order valence-corrected chi connectivity index (χ1v) is 12.2. The number of benzene rings is 1. The Morgan fingerprint density at radius 1 is 1.26 bits per heavy atom. The fourth-order valence-electron chi connectivity index (χ4n) is 3.55. The van der Waals surface area contributed by atoms with Gasteiger partial charge in [-0.2, -0.15) is 0 Å². The number of aliphatic hydroxyl groups is 1. The number of nitrogens with zero attached hydrogens (tertiary/aromatic N) is 1. The van der Waals surface area contributed by atoms with Crippen molar-refractivity contribution in [3.8, 4) is 0 Å². The SMILES string of the molecule is CCNC(=NCc1ccccc1CS(=O)(=O)NC(C)C)NCC1(CCO)CCOC1.I. The Kier molecular flexibility index (Phi) is 12.3. The highest BCUT2D eigenvalue weighted by atomic mass is 127. The van der Waals surface area contributed by atoms with Gasteiger partial charge >= 0.3 is 0 Å². The summed E-state index contributed by atoms with van der Waals surface area (Å²) in [5.74, 6) is 0.595. The molecule has 0 spiro atoms. The predicted molar refractivity (Wildman–Crippen MR) is 135 cm³/mol. The zero-order chi connectivity index (χ0) is 22.0. The molecule has 31 heavy (non-hydrogen) atoms. The van der Waals surface area contributed by atoms with Crippen molar-refractivity contribution in [3.63, 3.8) is 0 Å². The van der Waals surface area contributed by atoms with Gasteiger partial charge in [0.25, 0.3) is 0 Å². The Balaban J connectivity index is 0.00000480. The van der Waals surface area contributed by atoms with Crippen molar-refractivity contribution >= 4 is 40.0 Å². The summed E-state index contributed by atoms with van der Waals surface area (Å²) in [4.78, 5) is 4.66. The second-order valence-electron chi connectivity index (χ2n) is 8.13. The summed E-state index contributed by atoms with van der Waals surface area (Å²) >= 11 is 0. The average molecular weight is 569 g/mol. The lowest BCUT2D eigenvalue weighted by atomic mass is 9.84. The highest BCUT2D eigenvalue weighted by Gasteiger charge is 2.34. The number of aliphatic imine (C=N–C) groups is 1. The summed E-state index contributed by atoms with van der Waals surface area (Å²) in [5, 5.41) is 16.0. The van der Waals surface area contributed by atoms with Crippen LogP contribution in [0, 0.1) is 5.41 Å². The minimum Gasteiger partial charge on any atom is -0.396 e. The Morgan fingerprint density at radius 3 is 2.55 bits per heavy atom. The molecule has 178 valence electrons. The van der Waals surface area contributed by atoms with Crippen molar-refractivity contribution in [1.29, 1.82) is 0 Å². The van der Waals surface area contributed by atoms with Gasteiger partial charge in [-0.25, -0.2) is 18.1 Å². The van der Waals surface area contributed by atoms with Gasteiger partial charge in [-0.1, -0.05) is 24.3 Å². The molecule has 0 saturated carbocycles. The summed E-state index contributed by atoms with van der Waals surface area (Å²) in [5.41, 5.74) is 1.53. The largest absolute Gasteiger partial charge is 0.396 e. The van der Waals surface area contributed by atoms with Gasteiger partial charge in [0.05, 0.1) is 18.9 Å². The van der Waals surface area contributed by atoms with Crippen molar-refractivity contribution in [2.24, 2.45) is 10.4 Å². The molecule has 0 radical (unpaired) electrons. The lowest BCUT2D eigenvalue weighted by molar-refractivity contribution is 0.127. The van der Waals surface area contributed by atoms with Gasteiger partial charge < -0.3 is 20.5 Å². The zero-order valence-electron chi connectivity index (χ0n) is 18.7. The molecule has 0 aliphatic carbocycles. The molecule has 10 heteroatoms. The van der Waals surface area contributed by atoms with E-state index in [1.807, 2.05) is 31.2 Å². The van der Waals surface area contributed by atoms with E-state index in [9.17, 15) is 13.5 Å². The van der Waals surface area contributed by atoms with E-state index < -0.39 is 10.0 Å². The number of hydrogen-bond donors (Lipinski definition) is 4.